The Morgan fingerprint density at radius 3 is 2.45 bits per heavy atom. The van der Waals surface area contributed by atoms with Crippen molar-refractivity contribution >= 4 is 16.2 Å². The molecule has 1 amide bonds. The third kappa shape index (κ3) is 6.78. The number of aryl methyl sites for hydroxylation is 1. The summed E-state index contributed by atoms with van der Waals surface area (Å²) >= 11 is 0. The number of rotatable bonds is 8. The molecular weight excluding hydrogens is 418 g/mol. The fourth-order valence-electron chi connectivity index (χ4n) is 3.56. The smallest absolute Gasteiger partial charge is 0.407 e. The number of carbonyl (C=O) groups is 1. The molecule has 0 radical (unpaired) electrons. The molecule has 1 fully saturated rings. The molecule has 1 aliphatic carbocycles. The van der Waals surface area contributed by atoms with Crippen molar-refractivity contribution in [3.8, 4) is 0 Å². The van der Waals surface area contributed by atoms with Crippen LogP contribution in [0.3, 0.4) is 0 Å². The molecule has 0 bridgehead atoms. The first-order valence-electron chi connectivity index (χ1n) is 10.5. The Kier molecular flexibility index (Phi) is 8.06. The van der Waals surface area contributed by atoms with Crippen molar-refractivity contribution in [3.63, 3.8) is 0 Å². The van der Waals surface area contributed by atoms with E-state index in [-0.39, 0.29) is 17.6 Å². The second-order valence-electron chi connectivity index (χ2n) is 7.60. The van der Waals surface area contributed by atoms with E-state index in [0.717, 1.165) is 11.1 Å². The van der Waals surface area contributed by atoms with E-state index in [9.17, 15) is 13.2 Å². The molecule has 0 saturated heterocycles. The van der Waals surface area contributed by atoms with Gasteiger partial charge in [0.1, 0.15) is 0 Å². The Bertz CT molecular complexity index is 946. The number of ether oxygens (including phenoxy) is 2. The molecule has 2 aromatic rings. The summed E-state index contributed by atoms with van der Waals surface area (Å²) in [5.41, 5.74) is 2.01. The molecule has 31 heavy (non-hydrogen) atoms. The van der Waals surface area contributed by atoms with Crippen LogP contribution in [0.15, 0.2) is 59.5 Å². The number of benzene rings is 2. The third-order valence-corrected chi connectivity index (χ3v) is 6.56. The van der Waals surface area contributed by atoms with E-state index in [1.165, 1.54) is 12.1 Å². The summed E-state index contributed by atoms with van der Waals surface area (Å²) in [6.45, 7) is 4.26. The molecule has 1 N–H and O–H groups in total. The minimum Gasteiger partial charge on any atom is -0.450 e. The predicted molar refractivity (Wildman–Crippen MR) is 116 cm³/mol. The maximum atomic E-state index is 12.8. The summed E-state index contributed by atoms with van der Waals surface area (Å²) in [6, 6.07) is 15.7. The first kappa shape index (κ1) is 23.2. The SMILES string of the molecule is CCOC(=O)N[C@H]1C[C@@H](OCc2ccccc2)CC[C@@H]1OS(=O)(=O)c1ccc(C)cc1. The summed E-state index contributed by atoms with van der Waals surface area (Å²) < 4.78 is 42.1. The Hall–Kier alpha value is -2.42. The Labute approximate surface area is 183 Å². The molecule has 0 aromatic heterocycles. The molecule has 3 atom stereocenters. The van der Waals surface area contributed by atoms with E-state index in [2.05, 4.69) is 5.32 Å². The van der Waals surface area contributed by atoms with Crippen LogP contribution in [0, 0.1) is 6.92 Å². The monoisotopic (exact) mass is 447 g/mol. The van der Waals surface area contributed by atoms with Crippen molar-refractivity contribution in [2.75, 3.05) is 6.61 Å². The highest BCUT2D eigenvalue weighted by atomic mass is 32.2. The van der Waals surface area contributed by atoms with Gasteiger partial charge in [-0.3, -0.25) is 4.18 Å². The number of nitrogens with one attached hydrogen (secondary N) is 1. The van der Waals surface area contributed by atoms with Crippen LogP contribution in [-0.2, 0) is 30.4 Å². The minimum atomic E-state index is -3.96. The van der Waals surface area contributed by atoms with Gasteiger partial charge in [0.15, 0.2) is 0 Å². The van der Waals surface area contributed by atoms with Crippen LogP contribution in [-0.4, -0.2) is 39.4 Å². The fourth-order valence-corrected chi connectivity index (χ4v) is 4.69. The molecule has 0 spiro atoms. The minimum absolute atomic E-state index is 0.0930. The zero-order valence-electron chi connectivity index (χ0n) is 17.8. The normalized spacial score (nSPS) is 21.4. The quantitative estimate of drug-likeness (QED) is 0.616. The summed E-state index contributed by atoms with van der Waals surface area (Å²) in [4.78, 5) is 12.1. The van der Waals surface area contributed by atoms with Gasteiger partial charge < -0.3 is 14.8 Å². The summed E-state index contributed by atoms with van der Waals surface area (Å²) in [6.07, 6.45) is 0.0578. The highest BCUT2D eigenvalue weighted by Crippen LogP contribution is 2.28. The number of carbonyl (C=O) groups excluding carboxylic acids is 1. The maximum Gasteiger partial charge on any atom is 0.407 e. The predicted octanol–water partition coefficient (Wildman–Crippen LogP) is 3.95. The van der Waals surface area contributed by atoms with Gasteiger partial charge >= 0.3 is 6.09 Å². The lowest BCUT2D eigenvalue weighted by Gasteiger charge is -2.35. The van der Waals surface area contributed by atoms with Crippen LogP contribution in [0.2, 0.25) is 0 Å². The average Bonchev–Trinajstić information content (AvgIpc) is 2.75. The van der Waals surface area contributed by atoms with Crippen molar-refractivity contribution in [3.05, 3.63) is 65.7 Å². The summed E-state index contributed by atoms with van der Waals surface area (Å²) in [7, 11) is -3.96. The van der Waals surface area contributed by atoms with Crippen LogP contribution in [0.5, 0.6) is 0 Å². The largest absolute Gasteiger partial charge is 0.450 e. The summed E-state index contributed by atoms with van der Waals surface area (Å²) in [5, 5.41) is 2.75. The van der Waals surface area contributed by atoms with Gasteiger partial charge in [-0.1, -0.05) is 48.0 Å². The molecule has 168 valence electrons. The molecule has 0 aliphatic heterocycles. The first-order valence-corrected chi connectivity index (χ1v) is 11.9. The van der Waals surface area contributed by atoms with Crippen LogP contribution in [0.4, 0.5) is 4.79 Å². The van der Waals surface area contributed by atoms with Crippen LogP contribution in [0.25, 0.3) is 0 Å². The fraction of sp³-hybridized carbons (Fsp3) is 0.435. The third-order valence-electron chi connectivity index (χ3n) is 5.21. The average molecular weight is 448 g/mol. The highest BCUT2D eigenvalue weighted by molar-refractivity contribution is 7.86. The molecule has 1 aliphatic rings. The van der Waals surface area contributed by atoms with Gasteiger partial charge in [-0.2, -0.15) is 8.42 Å². The lowest BCUT2D eigenvalue weighted by atomic mass is 9.90. The molecular formula is C23H29NO6S. The maximum absolute atomic E-state index is 12.8. The lowest BCUT2D eigenvalue weighted by Crippen LogP contribution is -2.50. The second kappa shape index (κ2) is 10.7. The number of hydrogen-bond donors (Lipinski definition) is 1. The van der Waals surface area contributed by atoms with Gasteiger partial charge in [0.2, 0.25) is 0 Å². The molecule has 7 nitrogen and oxygen atoms in total. The van der Waals surface area contributed by atoms with Crippen LogP contribution >= 0.6 is 0 Å². The molecule has 3 rings (SSSR count). The Balaban J connectivity index is 1.68. The van der Waals surface area contributed by atoms with Crippen molar-refractivity contribution < 1.29 is 26.9 Å². The lowest BCUT2D eigenvalue weighted by molar-refractivity contribution is -0.0199. The van der Waals surface area contributed by atoms with Gasteiger partial charge in [-0.25, -0.2) is 4.79 Å². The van der Waals surface area contributed by atoms with Crippen molar-refractivity contribution in [2.24, 2.45) is 0 Å². The van der Waals surface area contributed by atoms with E-state index >= 15 is 0 Å². The highest BCUT2D eigenvalue weighted by Gasteiger charge is 2.36. The molecule has 0 unspecified atom stereocenters. The van der Waals surface area contributed by atoms with Crippen LogP contribution in [0.1, 0.15) is 37.3 Å². The van der Waals surface area contributed by atoms with E-state index in [0.29, 0.717) is 25.9 Å². The number of amides is 1. The van der Waals surface area contributed by atoms with Gasteiger partial charge in [0.25, 0.3) is 10.1 Å². The molecule has 2 aromatic carbocycles. The van der Waals surface area contributed by atoms with Crippen molar-refractivity contribution in [1.82, 2.24) is 5.32 Å². The van der Waals surface area contributed by atoms with Crippen LogP contribution < -0.4 is 5.32 Å². The topological polar surface area (TPSA) is 90.9 Å². The standard InChI is InChI=1S/C23H29NO6S/c1-3-28-23(25)24-21-15-19(29-16-18-7-5-4-6-8-18)11-14-22(21)30-31(26,27)20-12-9-17(2)10-13-20/h4-10,12-13,19,21-22H,3,11,14-16H2,1-2H3,(H,24,25)/t19-,21-,22-/m0/s1. The van der Waals surface area contributed by atoms with Crippen molar-refractivity contribution in [2.45, 2.75) is 62.9 Å². The van der Waals surface area contributed by atoms with E-state index in [4.69, 9.17) is 13.7 Å². The number of hydrogen-bond acceptors (Lipinski definition) is 6. The van der Waals surface area contributed by atoms with Gasteiger partial charge in [-0.15, -0.1) is 0 Å². The molecule has 1 saturated carbocycles. The molecule has 8 heteroatoms. The molecule has 0 heterocycles. The van der Waals surface area contributed by atoms with Crippen molar-refractivity contribution in [1.29, 1.82) is 0 Å². The van der Waals surface area contributed by atoms with E-state index in [1.807, 2.05) is 37.3 Å². The van der Waals surface area contributed by atoms with Gasteiger partial charge in [0, 0.05) is 0 Å². The first-order chi connectivity index (χ1) is 14.9. The van der Waals surface area contributed by atoms with Gasteiger partial charge in [-0.05, 0) is 50.8 Å². The van der Waals surface area contributed by atoms with E-state index < -0.39 is 28.4 Å². The zero-order chi connectivity index (χ0) is 22.3. The Morgan fingerprint density at radius 1 is 1.06 bits per heavy atom. The number of alkyl carbamates (subject to hydrolysis) is 1. The van der Waals surface area contributed by atoms with E-state index in [1.54, 1.807) is 19.1 Å². The Morgan fingerprint density at radius 2 is 1.77 bits per heavy atom. The van der Waals surface area contributed by atoms with Gasteiger partial charge in [0.05, 0.1) is 36.4 Å². The second-order valence-corrected chi connectivity index (χ2v) is 9.18. The summed E-state index contributed by atoms with van der Waals surface area (Å²) in [5.74, 6) is 0. The zero-order valence-corrected chi connectivity index (χ0v) is 18.6.